The van der Waals surface area contributed by atoms with Crippen molar-refractivity contribution in [1.82, 2.24) is 15.1 Å². The van der Waals surface area contributed by atoms with Gasteiger partial charge < -0.3 is 10.1 Å². The molecule has 2 heterocycles. The van der Waals surface area contributed by atoms with E-state index in [0.717, 1.165) is 31.8 Å². The Morgan fingerprint density at radius 3 is 2.52 bits per heavy atom. The third kappa shape index (κ3) is 5.00. The molecule has 1 N–H and O–H groups in total. The fourth-order valence-corrected chi connectivity index (χ4v) is 2.30. The van der Waals surface area contributed by atoms with Gasteiger partial charge in [0.05, 0.1) is 30.5 Å². The van der Waals surface area contributed by atoms with E-state index in [-0.39, 0.29) is 17.7 Å². The minimum Gasteiger partial charge on any atom is -0.372 e. The maximum Gasteiger partial charge on any atom is 0.419 e. The van der Waals surface area contributed by atoms with Gasteiger partial charge in [-0.1, -0.05) is 0 Å². The summed E-state index contributed by atoms with van der Waals surface area (Å²) in [4.78, 5) is 0. The molecule has 2 unspecified atom stereocenters. The van der Waals surface area contributed by atoms with E-state index in [9.17, 15) is 13.2 Å². The van der Waals surface area contributed by atoms with Crippen LogP contribution < -0.4 is 5.32 Å². The molecule has 0 spiro atoms. The smallest absolute Gasteiger partial charge is 0.372 e. The first-order valence-corrected chi connectivity index (χ1v) is 7.13. The Labute approximate surface area is 122 Å². The van der Waals surface area contributed by atoms with E-state index in [1.165, 1.54) is 4.68 Å². The molecule has 1 aromatic rings. The molecule has 0 saturated carbocycles. The Balaban J connectivity index is 1.81. The van der Waals surface area contributed by atoms with Gasteiger partial charge in [-0.3, -0.25) is 4.68 Å². The molecule has 2 rings (SSSR count). The predicted octanol–water partition coefficient (Wildman–Crippen LogP) is 2.84. The zero-order valence-electron chi connectivity index (χ0n) is 12.6. The Bertz CT molecular complexity index is 465. The molecule has 0 amide bonds. The molecule has 1 fully saturated rings. The highest BCUT2D eigenvalue weighted by molar-refractivity contribution is 5.08. The standard InChI is InChI=1S/C14H22F3N3O/c1-13(2,3)18-7-11-4-5-12(21-11)9-20-8-10(6-19-20)14(15,16)17/h6,8,11-12,18H,4-5,7,9H2,1-3H3. The highest BCUT2D eigenvalue weighted by Gasteiger charge is 2.33. The molecule has 0 aromatic carbocycles. The highest BCUT2D eigenvalue weighted by atomic mass is 19.4. The molecule has 2 atom stereocenters. The van der Waals surface area contributed by atoms with Crippen molar-refractivity contribution in [1.29, 1.82) is 0 Å². The van der Waals surface area contributed by atoms with Gasteiger partial charge in [0.2, 0.25) is 0 Å². The third-order valence-corrected chi connectivity index (χ3v) is 3.41. The second-order valence-corrected chi connectivity index (χ2v) is 6.54. The number of hydrogen-bond donors (Lipinski definition) is 1. The van der Waals surface area contributed by atoms with E-state index in [4.69, 9.17) is 4.74 Å². The van der Waals surface area contributed by atoms with Crippen molar-refractivity contribution >= 4 is 0 Å². The molecule has 0 bridgehead atoms. The van der Waals surface area contributed by atoms with Gasteiger partial charge in [0, 0.05) is 18.3 Å². The summed E-state index contributed by atoms with van der Waals surface area (Å²) in [5.41, 5.74) is -0.683. The minimum absolute atomic E-state index is 0.0328. The van der Waals surface area contributed by atoms with Crippen LogP contribution in [0.4, 0.5) is 13.2 Å². The van der Waals surface area contributed by atoms with E-state index in [1.807, 2.05) is 0 Å². The predicted molar refractivity (Wildman–Crippen MR) is 72.9 cm³/mol. The van der Waals surface area contributed by atoms with Gasteiger partial charge in [0.25, 0.3) is 0 Å². The average molecular weight is 305 g/mol. The molecule has 0 radical (unpaired) electrons. The molecule has 1 aliphatic heterocycles. The van der Waals surface area contributed by atoms with Crippen molar-refractivity contribution in [3.63, 3.8) is 0 Å². The van der Waals surface area contributed by atoms with Gasteiger partial charge in [0.1, 0.15) is 0 Å². The van der Waals surface area contributed by atoms with E-state index in [2.05, 4.69) is 31.2 Å². The van der Waals surface area contributed by atoms with Crippen molar-refractivity contribution in [2.24, 2.45) is 0 Å². The van der Waals surface area contributed by atoms with Crippen LogP contribution in [0.25, 0.3) is 0 Å². The Morgan fingerprint density at radius 1 is 1.29 bits per heavy atom. The maximum absolute atomic E-state index is 12.5. The summed E-state index contributed by atoms with van der Waals surface area (Å²) in [5, 5.41) is 7.13. The second-order valence-electron chi connectivity index (χ2n) is 6.54. The number of ether oxygens (including phenoxy) is 1. The largest absolute Gasteiger partial charge is 0.419 e. The summed E-state index contributed by atoms with van der Waals surface area (Å²) in [7, 11) is 0. The lowest BCUT2D eigenvalue weighted by Crippen LogP contribution is -2.41. The van der Waals surface area contributed by atoms with E-state index in [1.54, 1.807) is 0 Å². The molecular weight excluding hydrogens is 283 g/mol. The van der Waals surface area contributed by atoms with Gasteiger partial charge >= 0.3 is 6.18 Å². The van der Waals surface area contributed by atoms with E-state index >= 15 is 0 Å². The molecule has 120 valence electrons. The summed E-state index contributed by atoms with van der Waals surface area (Å²) < 4.78 is 44.7. The van der Waals surface area contributed by atoms with Crippen LogP contribution in [0.2, 0.25) is 0 Å². The molecular formula is C14H22F3N3O. The average Bonchev–Trinajstić information content (AvgIpc) is 2.94. The van der Waals surface area contributed by atoms with Gasteiger partial charge in [-0.05, 0) is 33.6 Å². The molecule has 7 heteroatoms. The number of halogens is 3. The quantitative estimate of drug-likeness (QED) is 0.930. The maximum atomic E-state index is 12.5. The number of alkyl halides is 3. The molecule has 1 aromatic heterocycles. The molecule has 1 saturated heterocycles. The molecule has 0 aliphatic carbocycles. The normalized spacial score (nSPS) is 23.7. The summed E-state index contributed by atoms with van der Waals surface area (Å²) in [6.45, 7) is 7.38. The zero-order valence-corrected chi connectivity index (χ0v) is 12.6. The van der Waals surface area contributed by atoms with Gasteiger partial charge in [-0.15, -0.1) is 0 Å². The van der Waals surface area contributed by atoms with Gasteiger partial charge in [-0.2, -0.15) is 18.3 Å². The van der Waals surface area contributed by atoms with Crippen LogP contribution in [-0.2, 0) is 17.5 Å². The monoisotopic (exact) mass is 305 g/mol. The van der Waals surface area contributed by atoms with E-state index < -0.39 is 11.7 Å². The summed E-state index contributed by atoms with van der Waals surface area (Å²) in [6.07, 6.45) is -0.644. The van der Waals surface area contributed by atoms with Crippen molar-refractivity contribution in [2.45, 2.75) is 64.1 Å². The summed E-state index contributed by atoms with van der Waals surface area (Å²) in [6, 6.07) is 0. The number of nitrogens with one attached hydrogen (secondary N) is 1. The molecule has 1 aliphatic rings. The van der Waals surface area contributed by atoms with Crippen LogP contribution in [0.15, 0.2) is 12.4 Å². The van der Waals surface area contributed by atoms with Crippen molar-refractivity contribution < 1.29 is 17.9 Å². The number of nitrogens with zero attached hydrogens (tertiary/aromatic N) is 2. The molecule has 4 nitrogen and oxygen atoms in total. The first-order valence-electron chi connectivity index (χ1n) is 7.13. The molecule has 21 heavy (non-hydrogen) atoms. The van der Waals surface area contributed by atoms with Crippen LogP contribution in [0.5, 0.6) is 0 Å². The van der Waals surface area contributed by atoms with Crippen molar-refractivity contribution in [2.75, 3.05) is 6.54 Å². The Hall–Kier alpha value is -1.08. The summed E-state index contributed by atoms with van der Waals surface area (Å²) in [5.74, 6) is 0. The number of rotatable bonds is 4. The second kappa shape index (κ2) is 5.96. The van der Waals surface area contributed by atoms with Crippen molar-refractivity contribution in [3.8, 4) is 0 Å². The zero-order chi connectivity index (χ0) is 15.7. The number of hydrogen-bond acceptors (Lipinski definition) is 3. The lowest BCUT2D eigenvalue weighted by Gasteiger charge is -2.23. The summed E-state index contributed by atoms with van der Waals surface area (Å²) >= 11 is 0. The first kappa shape index (κ1) is 16.3. The lowest BCUT2D eigenvalue weighted by atomic mass is 10.1. The van der Waals surface area contributed by atoms with Crippen LogP contribution in [-0.4, -0.2) is 34.1 Å². The van der Waals surface area contributed by atoms with Gasteiger partial charge in [0.15, 0.2) is 0 Å². The number of aromatic nitrogens is 2. The topological polar surface area (TPSA) is 39.1 Å². The lowest BCUT2D eigenvalue weighted by molar-refractivity contribution is -0.137. The highest BCUT2D eigenvalue weighted by Crippen LogP contribution is 2.29. The van der Waals surface area contributed by atoms with Crippen LogP contribution in [0.3, 0.4) is 0 Å². The van der Waals surface area contributed by atoms with Gasteiger partial charge in [-0.25, -0.2) is 0 Å². The fourth-order valence-electron chi connectivity index (χ4n) is 2.30. The van der Waals surface area contributed by atoms with Crippen LogP contribution in [0.1, 0.15) is 39.2 Å². The Morgan fingerprint density at radius 2 is 1.95 bits per heavy atom. The SMILES string of the molecule is CC(C)(C)NCC1CCC(Cn2cc(C(F)(F)F)cn2)O1. The van der Waals surface area contributed by atoms with Crippen molar-refractivity contribution in [3.05, 3.63) is 18.0 Å². The van der Waals surface area contributed by atoms with E-state index in [0.29, 0.717) is 6.54 Å². The van der Waals surface area contributed by atoms with Crippen LogP contribution in [0, 0.1) is 0 Å². The third-order valence-electron chi connectivity index (χ3n) is 3.41. The fraction of sp³-hybridized carbons (Fsp3) is 0.786. The first-order chi connectivity index (χ1) is 9.63. The minimum atomic E-state index is -4.34. The van der Waals surface area contributed by atoms with Crippen LogP contribution >= 0.6 is 0 Å². The Kier molecular flexibility index (Phi) is 4.63.